The summed E-state index contributed by atoms with van der Waals surface area (Å²) >= 11 is 0. The molecule has 30 heavy (non-hydrogen) atoms. The van der Waals surface area contributed by atoms with Crippen molar-refractivity contribution < 1.29 is 19.1 Å². The number of amides is 2. The van der Waals surface area contributed by atoms with E-state index in [9.17, 15) is 9.59 Å². The summed E-state index contributed by atoms with van der Waals surface area (Å²) < 4.78 is 12.1. The Morgan fingerprint density at radius 1 is 1.10 bits per heavy atom. The molecule has 1 aliphatic carbocycles. The number of carbonyl (C=O) groups excluding carboxylic acids is 2. The predicted octanol–water partition coefficient (Wildman–Crippen LogP) is 3.15. The Balaban J connectivity index is 1.53. The summed E-state index contributed by atoms with van der Waals surface area (Å²) in [6.07, 6.45) is 2.21. The fourth-order valence-electron chi connectivity index (χ4n) is 3.46. The Morgan fingerprint density at radius 3 is 2.63 bits per heavy atom. The second kappa shape index (κ2) is 8.54. The molecule has 1 aliphatic rings. The number of hydrogen-bond acceptors (Lipinski definition) is 5. The van der Waals surface area contributed by atoms with Gasteiger partial charge in [0.2, 0.25) is 11.8 Å². The lowest BCUT2D eigenvalue weighted by molar-refractivity contribution is -0.119. The number of benzene rings is 2. The fourth-order valence-corrected chi connectivity index (χ4v) is 3.46. The van der Waals surface area contributed by atoms with Crippen LogP contribution in [0.1, 0.15) is 24.6 Å². The van der Waals surface area contributed by atoms with Crippen LogP contribution in [-0.2, 0) is 20.9 Å². The molecule has 2 amide bonds. The van der Waals surface area contributed by atoms with Crippen LogP contribution in [0, 0.1) is 0 Å². The molecule has 156 valence electrons. The number of nitrogens with zero attached hydrogens (tertiary/aromatic N) is 2. The zero-order chi connectivity index (χ0) is 21.1. The van der Waals surface area contributed by atoms with Gasteiger partial charge in [-0.05, 0) is 43.2 Å². The van der Waals surface area contributed by atoms with Gasteiger partial charge in [0.25, 0.3) is 0 Å². The van der Waals surface area contributed by atoms with Crippen molar-refractivity contribution in [1.29, 1.82) is 0 Å². The summed E-state index contributed by atoms with van der Waals surface area (Å²) in [5.74, 6) is 1.41. The summed E-state index contributed by atoms with van der Waals surface area (Å²) in [5.41, 5.74) is 2.88. The first-order valence-corrected chi connectivity index (χ1v) is 9.81. The number of anilines is 2. The van der Waals surface area contributed by atoms with E-state index in [1.54, 1.807) is 18.2 Å². The highest BCUT2D eigenvalue weighted by Crippen LogP contribution is 2.40. The van der Waals surface area contributed by atoms with Gasteiger partial charge in [0.05, 0.1) is 23.8 Å². The number of imidazole rings is 1. The van der Waals surface area contributed by atoms with E-state index >= 15 is 0 Å². The van der Waals surface area contributed by atoms with Crippen LogP contribution in [0.4, 0.5) is 11.4 Å². The maximum absolute atomic E-state index is 12.8. The van der Waals surface area contributed by atoms with Crippen molar-refractivity contribution in [2.75, 3.05) is 31.5 Å². The topological polar surface area (TPSA) is 94.5 Å². The van der Waals surface area contributed by atoms with E-state index < -0.39 is 0 Å². The number of para-hydroxylation sites is 2. The zero-order valence-electron chi connectivity index (χ0n) is 17.0. The number of fused-ring (bicyclic) bond motifs is 1. The summed E-state index contributed by atoms with van der Waals surface area (Å²) in [4.78, 5) is 29.4. The molecular formula is C22H24N4O4. The predicted molar refractivity (Wildman–Crippen MR) is 114 cm³/mol. The maximum atomic E-state index is 12.8. The number of ether oxygens (including phenoxy) is 2. The van der Waals surface area contributed by atoms with Gasteiger partial charge in [-0.25, -0.2) is 4.98 Å². The van der Waals surface area contributed by atoms with Gasteiger partial charge in [-0.15, -0.1) is 0 Å². The van der Waals surface area contributed by atoms with Crippen molar-refractivity contribution in [1.82, 2.24) is 9.55 Å². The highest BCUT2D eigenvalue weighted by molar-refractivity contribution is 5.96. The molecule has 0 bridgehead atoms. The van der Waals surface area contributed by atoms with Crippen molar-refractivity contribution in [2.24, 2.45) is 0 Å². The van der Waals surface area contributed by atoms with Gasteiger partial charge in [0, 0.05) is 18.7 Å². The SMILES string of the molecule is COCC(=O)Nc1cc(NC(=O)Cn2c(C3CC3)nc3ccccc32)ccc1OC. The minimum Gasteiger partial charge on any atom is -0.495 e. The Hall–Kier alpha value is -3.39. The van der Waals surface area contributed by atoms with Gasteiger partial charge in [0.15, 0.2) is 0 Å². The third kappa shape index (κ3) is 4.28. The number of carbonyl (C=O) groups is 2. The monoisotopic (exact) mass is 408 g/mol. The maximum Gasteiger partial charge on any atom is 0.250 e. The van der Waals surface area contributed by atoms with E-state index in [-0.39, 0.29) is 25.0 Å². The highest BCUT2D eigenvalue weighted by Gasteiger charge is 2.30. The first kappa shape index (κ1) is 19.9. The van der Waals surface area contributed by atoms with Crippen LogP contribution in [0.2, 0.25) is 0 Å². The van der Waals surface area contributed by atoms with E-state index in [4.69, 9.17) is 14.5 Å². The molecule has 0 aliphatic heterocycles. The smallest absolute Gasteiger partial charge is 0.250 e. The van der Waals surface area contributed by atoms with Crippen molar-refractivity contribution in [2.45, 2.75) is 25.3 Å². The third-order valence-corrected chi connectivity index (χ3v) is 4.96. The average Bonchev–Trinajstić information content (AvgIpc) is 3.51. The minimum atomic E-state index is -0.307. The second-order valence-electron chi connectivity index (χ2n) is 7.26. The molecule has 1 fully saturated rings. The number of hydrogen-bond donors (Lipinski definition) is 2. The number of rotatable bonds is 8. The van der Waals surface area contributed by atoms with E-state index in [2.05, 4.69) is 10.6 Å². The molecule has 0 unspecified atom stereocenters. The lowest BCUT2D eigenvalue weighted by atomic mass is 10.2. The molecule has 0 atom stereocenters. The van der Waals surface area contributed by atoms with Crippen molar-refractivity contribution in [3.63, 3.8) is 0 Å². The van der Waals surface area contributed by atoms with Crippen LogP contribution in [0.5, 0.6) is 5.75 Å². The fraction of sp³-hybridized carbons (Fsp3) is 0.318. The summed E-state index contributed by atoms with van der Waals surface area (Å²) in [6.45, 7) is 0.0983. The van der Waals surface area contributed by atoms with Gasteiger partial charge in [-0.1, -0.05) is 12.1 Å². The highest BCUT2D eigenvalue weighted by atomic mass is 16.5. The Morgan fingerprint density at radius 2 is 1.90 bits per heavy atom. The molecule has 0 saturated heterocycles. The normalized spacial score (nSPS) is 13.3. The van der Waals surface area contributed by atoms with Gasteiger partial charge < -0.3 is 24.7 Å². The number of aromatic nitrogens is 2. The Bertz CT molecular complexity index is 1090. The Kier molecular flexibility index (Phi) is 5.67. The van der Waals surface area contributed by atoms with Gasteiger partial charge in [-0.2, -0.15) is 0 Å². The van der Waals surface area contributed by atoms with Crippen LogP contribution in [0.25, 0.3) is 11.0 Å². The standard InChI is InChI=1S/C22H24N4O4/c1-29-13-21(28)24-17-11-15(9-10-19(17)30-2)23-20(27)12-26-18-6-4-3-5-16(18)25-22(26)14-7-8-14/h3-6,9-11,14H,7-8,12-13H2,1-2H3,(H,23,27)(H,24,28). The van der Waals surface area contributed by atoms with E-state index in [0.717, 1.165) is 29.7 Å². The molecule has 2 aromatic carbocycles. The molecular weight excluding hydrogens is 384 g/mol. The van der Waals surface area contributed by atoms with Crippen LogP contribution < -0.4 is 15.4 Å². The molecule has 8 nitrogen and oxygen atoms in total. The minimum absolute atomic E-state index is 0.0720. The summed E-state index contributed by atoms with van der Waals surface area (Å²) in [5, 5.41) is 5.63. The van der Waals surface area contributed by atoms with Crippen LogP contribution in [-0.4, -0.2) is 42.2 Å². The third-order valence-electron chi connectivity index (χ3n) is 4.96. The van der Waals surface area contributed by atoms with Crippen molar-refractivity contribution in [3.05, 3.63) is 48.3 Å². The second-order valence-corrected chi connectivity index (χ2v) is 7.26. The van der Waals surface area contributed by atoms with Crippen LogP contribution >= 0.6 is 0 Å². The molecule has 1 aromatic heterocycles. The summed E-state index contributed by atoms with van der Waals surface area (Å²) in [6, 6.07) is 12.9. The van der Waals surface area contributed by atoms with Crippen LogP contribution in [0.15, 0.2) is 42.5 Å². The lowest BCUT2D eigenvalue weighted by Crippen LogP contribution is -2.21. The van der Waals surface area contributed by atoms with Gasteiger partial charge in [0.1, 0.15) is 24.7 Å². The first-order valence-electron chi connectivity index (χ1n) is 9.81. The van der Waals surface area contributed by atoms with Crippen molar-refractivity contribution >= 4 is 34.2 Å². The van der Waals surface area contributed by atoms with Crippen LogP contribution in [0.3, 0.4) is 0 Å². The van der Waals surface area contributed by atoms with Crippen molar-refractivity contribution in [3.8, 4) is 5.75 Å². The molecule has 0 spiro atoms. The molecule has 2 N–H and O–H groups in total. The van der Waals surface area contributed by atoms with Gasteiger partial charge in [-0.3, -0.25) is 9.59 Å². The largest absolute Gasteiger partial charge is 0.495 e. The molecule has 4 rings (SSSR count). The zero-order valence-corrected chi connectivity index (χ0v) is 17.0. The molecule has 8 heteroatoms. The molecule has 1 saturated carbocycles. The molecule has 0 radical (unpaired) electrons. The van der Waals surface area contributed by atoms with E-state index in [1.807, 2.05) is 28.8 Å². The quantitative estimate of drug-likeness (QED) is 0.597. The Labute approximate surface area is 174 Å². The number of methoxy groups -OCH3 is 2. The first-order chi connectivity index (χ1) is 14.6. The molecule has 3 aromatic rings. The lowest BCUT2D eigenvalue weighted by Gasteiger charge is -2.13. The average molecular weight is 408 g/mol. The van der Waals surface area contributed by atoms with Gasteiger partial charge >= 0.3 is 0 Å². The summed E-state index contributed by atoms with van der Waals surface area (Å²) in [7, 11) is 2.96. The van der Waals surface area contributed by atoms with E-state index in [0.29, 0.717) is 23.0 Å². The number of nitrogens with one attached hydrogen (secondary N) is 2. The van der Waals surface area contributed by atoms with E-state index in [1.165, 1.54) is 14.2 Å². The molecule has 1 heterocycles.